The molecule has 0 spiro atoms. The van der Waals surface area contributed by atoms with E-state index in [9.17, 15) is 5.21 Å². The first-order valence-electron chi connectivity index (χ1n) is 9.06. The largest absolute Gasteiger partial charge is 0.624 e. The average Bonchev–Trinajstić information content (AvgIpc) is 2.59. The quantitative estimate of drug-likeness (QED) is 0.310. The van der Waals surface area contributed by atoms with Gasteiger partial charge in [-0.15, -0.1) is 0 Å². The summed E-state index contributed by atoms with van der Waals surface area (Å²) in [5, 5.41) is 12.6. The van der Waals surface area contributed by atoms with Crippen LogP contribution >= 0.6 is 0 Å². The molecule has 0 saturated heterocycles. The molecule has 1 fully saturated rings. The lowest BCUT2D eigenvalue weighted by molar-refractivity contribution is -0.500. The van der Waals surface area contributed by atoms with Crippen molar-refractivity contribution in [3.05, 3.63) is 22.9 Å². The van der Waals surface area contributed by atoms with E-state index in [1.54, 1.807) is 6.21 Å². The molecule has 5 nitrogen and oxygen atoms in total. The van der Waals surface area contributed by atoms with Crippen LogP contribution in [0.4, 0.5) is 0 Å². The van der Waals surface area contributed by atoms with Gasteiger partial charge in [0.15, 0.2) is 12.3 Å². The van der Waals surface area contributed by atoms with Crippen LogP contribution in [0.3, 0.4) is 0 Å². The highest BCUT2D eigenvalue weighted by molar-refractivity contribution is 5.85. The van der Waals surface area contributed by atoms with E-state index >= 15 is 0 Å². The van der Waals surface area contributed by atoms with Crippen molar-refractivity contribution >= 4 is 6.21 Å². The molecule has 0 aliphatic heterocycles. The normalized spacial score (nSPS) is 16.0. The topological polar surface area (TPSA) is 53.8 Å². The number of hydroxylamine groups is 1. The van der Waals surface area contributed by atoms with Gasteiger partial charge < -0.3 is 19.4 Å². The molecule has 5 heteroatoms. The maximum atomic E-state index is 12.6. The van der Waals surface area contributed by atoms with Crippen molar-refractivity contribution < 1.29 is 18.9 Å². The highest BCUT2D eigenvalue weighted by atomic mass is 16.5. The summed E-state index contributed by atoms with van der Waals surface area (Å²) < 4.78 is 18.2. The van der Waals surface area contributed by atoms with E-state index < -0.39 is 0 Å². The molecule has 24 heavy (non-hydrogen) atoms. The van der Waals surface area contributed by atoms with Crippen LogP contribution in [0.2, 0.25) is 0 Å². The van der Waals surface area contributed by atoms with Gasteiger partial charge in [-0.25, -0.2) is 4.74 Å². The van der Waals surface area contributed by atoms with Crippen LogP contribution in [0.5, 0.6) is 17.2 Å². The molecule has 1 aliphatic carbocycles. The predicted molar refractivity (Wildman–Crippen MR) is 95.6 cm³/mol. The van der Waals surface area contributed by atoms with Crippen LogP contribution < -0.4 is 14.2 Å². The second kappa shape index (κ2) is 9.40. The maximum absolute atomic E-state index is 12.6. The molecule has 0 heterocycles. The summed E-state index contributed by atoms with van der Waals surface area (Å²) in [6, 6.07) is 3.71. The van der Waals surface area contributed by atoms with E-state index in [4.69, 9.17) is 14.2 Å². The first-order chi connectivity index (χ1) is 11.7. The van der Waals surface area contributed by atoms with Crippen molar-refractivity contribution in [2.24, 2.45) is 0 Å². The van der Waals surface area contributed by atoms with Gasteiger partial charge in [0.25, 0.3) is 0 Å². The Hall–Kier alpha value is -1.91. The molecule has 1 aliphatic rings. The molecule has 134 valence electrons. The maximum Gasteiger partial charge on any atom is 0.189 e. The van der Waals surface area contributed by atoms with Gasteiger partial charge >= 0.3 is 0 Å². The standard InChI is InChI=1S/C19H29NO4/c1-4-22-16-12-18(23-5-2)17(19(13-16)24-6-3)14-20(21)15-10-8-7-9-11-15/h12-15H,4-11H2,1-3H3. The second-order valence-electron chi connectivity index (χ2n) is 5.91. The molecule has 2 rings (SSSR count). The Balaban J connectivity index is 2.39. The lowest BCUT2D eigenvalue weighted by atomic mass is 9.96. The van der Waals surface area contributed by atoms with Gasteiger partial charge in [-0.2, -0.15) is 0 Å². The van der Waals surface area contributed by atoms with Crippen molar-refractivity contribution in [1.29, 1.82) is 0 Å². The molecule has 0 atom stereocenters. The van der Waals surface area contributed by atoms with Crippen molar-refractivity contribution in [3.8, 4) is 17.2 Å². The zero-order valence-corrected chi connectivity index (χ0v) is 15.0. The third kappa shape index (κ3) is 4.79. The SMILES string of the molecule is CCOc1cc(OCC)c(C=[N+]([O-])C2CCCCC2)c(OCC)c1. The van der Waals surface area contributed by atoms with Crippen LogP contribution in [-0.4, -0.2) is 36.8 Å². The summed E-state index contributed by atoms with van der Waals surface area (Å²) in [7, 11) is 0. The van der Waals surface area contributed by atoms with Gasteiger partial charge in [-0.1, -0.05) is 6.42 Å². The average molecular weight is 335 g/mol. The molecule has 0 amide bonds. The highest BCUT2D eigenvalue weighted by Gasteiger charge is 2.22. The second-order valence-corrected chi connectivity index (χ2v) is 5.91. The van der Waals surface area contributed by atoms with E-state index in [2.05, 4.69) is 0 Å². The Kier molecular flexibility index (Phi) is 7.22. The summed E-state index contributed by atoms with van der Waals surface area (Å²) in [5.41, 5.74) is 0.697. The molecule has 0 unspecified atom stereocenters. The minimum absolute atomic E-state index is 0.0503. The van der Waals surface area contributed by atoms with Crippen LogP contribution in [0.1, 0.15) is 58.4 Å². The van der Waals surface area contributed by atoms with Gasteiger partial charge in [0.1, 0.15) is 22.8 Å². The first-order valence-corrected chi connectivity index (χ1v) is 9.06. The fourth-order valence-electron chi connectivity index (χ4n) is 3.07. The highest BCUT2D eigenvalue weighted by Crippen LogP contribution is 2.34. The van der Waals surface area contributed by atoms with E-state index in [-0.39, 0.29) is 6.04 Å². The molecular formula is C19H29NO4. The predicted octanol–water partition coefficient (Wildman–Crippen LogP) is 4.14. The van der Waals surface area contributed by atoms with Crippen LogP contribution in [0, 0.1) is 5.21 Å². The van der Waals surface area contributed by atoms with Crippen molar-refractivity contribution in [1.82, 2.24) is 0 Å². The molecule has 0 aromatic heterocycles. The number of hydrogen-bond donors (Lipinski definition) is 0. The summed E-state index contributed by atoms with van der Waals surface area (Å²) in [5.74, 6) is 1.95. The van der Waals surface area contributed by atoms with Crippen molar-refractivity contribution in [2.75, 3.05) is 19.8 Å². The van der Waals surface area contributed by atoms with Crippen LogP contribution in [-0.2, 0) is 0 Å². The smallest absolute Gasteiger partial charge is 0.189 e. The lowest BCUT2D eigenvalue weighted by Gasteiger charge is -2.21. The Morgan fingerprint density at radius 1 is 0.958 bits per heavy atom. The van der Waals surface area contributed by atoms with E-state index in [0.29, 0.717) is 42.6 Å². The molecule has 1 aromatic rings. The minimum atomic E-state index is 0.0503. The number of ether oxygens (including phenoxy) is 3. The van der Waals surface area contributed by atoms with Crippen molar-refractivity contribution in [2.45, 2.75) is 58.9 Å². The molecule has 1 saturated carbocycles. The van der Waals surface area contributed by atoms with Gasteiger partial charge in [-0.3, -0.25) is 0 Å². The number of nitrogens with zero attached hydrogens (tertiary/aromatic N) is 1. The van der Waals surface area contributed by atoms with Gasteiger partial charge in [0, 0.05) is 25.0 Å². The van der Waals surface area contributed by atoms with Crippen LogP contribution in [0.25, 0.3) is 0 Å². The third-order valence-electron chi connectivity index (χ3n) is 4.18. The number of rotatable bonds is 8. The fraction of sp³-hybridized carbons (Fsp3) is 0.632. The zero-order chi connectivity index (χ0) is 17.4. The Morgan fingerprint density at radius 2 is 1.50 bits per heavy atom. The lowest BCUT2D eigenvalue weighted by Crippen LogP contribution is -2.25. The fourth-order valence-corrected chi connectivity index (χ4v) is 3.07. The Labute approximate surface area is 144 Å². The Bertz CT molecular complexity index is 523. The summed E-state index contributed by atoms with van der Waals surface area (Å²) >= 11 is 0. The van der Waals surface area contributed by atoms with E-state index in [1.807, 2.05) is 32.9 Å². The van der Waals surface area contributed by atoms with E-state index in [1.165, 1.54) is 6.42 Å². The summed E-state index contributed by atoms with van der Waals surface area (Å²) in [4.78, 5) is 0. The van der Waals surface area contributed by atoms with Gasteiger partial charge in [0.05, 0.1) is 19.8 Å². The van der Waals surface area contributed by atoms with Gasteiger partial charge in [0.2, 0.25) is 0 Å². The molecule has 0 bridgehead atoms. The third-order valence-corrected chi connectivity index (χ3v) is 4.18. The molecule has 1 aromatic carbocycles. The van der Waals surface area contributed by atoms with E-state index in [0.717, 1.165) is 30.4 Å². The first kappa shape index (κ1) is 18.4. The zero-order valence-electron chi connectivity index (χ0n) is 15.0. The van der Waals surface area contributed by atoms with Crippen molar-refractivity contribution in [3.63, 3.8) is 0 Å². The summed E-state index contributed by atoms with van der Waals surface area (Å²) in [6.07, 6.45) is 6.99. The molecule has 0 N–H and O–H groups in total. The van der Waals surface area contributed by atoms with Crippen LogP contribution in [0.15, 0.2) is 12.1 Å². The Morgan fingerprint density at radius 3 is 2.00 bits per heavy atom. The molecule has 0 radical (unpaired) electrons. The number of hydrogen-bond acceptors (Lipinski definition) is 4. The molecular weight excluding hydrogens is 306 g/mol. The minimum Gasteiger partial charge on any atom is -0.624 e. The summed E-state index contributed by atoms with van der Waals surface area (Å²) in [6.45, 7) is 7.38. The van der Waals surface area contributed by atoms with Gasteiger partial charge in [-0.05, 0) is 33.6 Å². The monoisotopic (exact) mass is 335 g/mol. The number of benzene rings is 1.